The molecular weight excluding hydrogens is 364 g/mol. The highest BCUT2D eigenvalue weighted by molar-refractivity contribution is 6.31. The first-order chi connectivity index (χ1) is 13.2. The van der Waals surface area contributed by atoms with Crippen LogP contribution in [0.1, 0.15) is 27.6 Å². The van der Waals surface area contributed by atoms with Crippen molar-refractivity contribution in [1.29, 1.82) is 0 Å². The monoisotopic (exact) mass is 380 g/mol. The number of imidazole rings is 1. The van der Waals surface area contributed by atoms with Crippen LogP contribution >= 0.6 is 11.6 Å². The number of rotatable bonds is 3. The first-order valence-corrected chi connectivity index (χ1v) is 9.18. The summed E-state index contributed by atoms with van der Waals surface area (Å²) in [6.07, 6.45) is 6.08. The first-order valence-electron chi connectivity index (χ1n) is 8.80. The molecule has 1 aromatic carbocycles. The Balaban J connectivity index is 1.38. The zero-order valence-electron chi connectivity index (χ0n) is 14.5. The van der Waals surface area contributed by atoms with Gasteiger partial charge in [0.15, 0.2) is 5.76 Å². The van der Waals surface area contributed by atoms with Crippen LogP contribution in [-0.2, 0) is 19.5 Å². The number of nitrogens with zero attached hydrogens (tertiary/aromatic N) is 3. The lowest BCUT2D eigenvalue weighted by Gasteiger charge is -2.26. The number of aromatic amines is 1. The van der Waals surface area contributed by atoms with Crippen LogP contribution < -0.4 is 0 Å². The maximum Gasteiger partial charge on any atom is 0.289 e. The van der Waals surface area contributed by atoms with Crippen LogP contribution in [0.25, 0.3) is 10.9 Å². The molecule has 0 fully saturated rings. The molecule has 0 saturated heterocycles. The third-order valence-corrected chi connectivity index (χ3v) is 5.23. The Hall–Kier alpha value is -2.99. The Morgan fingerprint density at radius 1 is 1.30 bits per heavy atom. The number of aromatic nitrogens is 3. The molecule has 6 nitrogen and oxygen atoms in total. The van der Waals surface area contributed by atoms with Crippen molar-refractivity contribution in [3.8, 4) is 0 Å². The summed E-state index contributed by atoms with van der Waals surface area (Å²) in [7, 11) is 0. The lowest BCUT2D eigenvalue weighted by Crippen LogP contribution is -2.35. The Morgan fingerprint density at radius 3 is 3.07 bits per heavy atom. The van der Waals surface area contributed by atoms with Crippen LogP contribution in [0.3, 0.4) is 0 Å². The lowest BCUT2D eigenvalue weighted by atomic mass is 10.0. The number of benzene rings is 1. The van der Waals surface area contributed by atoms with Gasteiger partial charge in [-0.15, -0.1) is 0 Å². The highest BCUT2D eigenvalue weighted by Gasteiger charge is 2.26. The molecule has 0 saturated carbocycles. The number of hydrogen-bond donors (Lipinski definition) is 1. The molecular formula is C20H17ClN4O2. The number of H-pyrrole nitrogens is 1. The quantitative estimate of drug-likeness (QED) is 0.587. The largest absolute Gasteiger partial charge is 0.454 e. The van der Waals surface area contributed by atoms with E-state index in [1.165, 1.54) is 5.69 Å². The number of hydrogen-bond acceptors (Lipinski definition) is 3. The number of carbonyl (C=O) groups is 1. The van der Waals surface area contributed by atoms with Gasteiger partial charge < -0.3 is 18.9 Å². The van der Waals surface area contributed by atoms with Gasteiger partial charge in [-0.1, -0.05) is 11.6 Å². The van der Waals surface area contributed by atoms with E-state index >= 15 is 0 Å². The van der Waals surface area contributed by atoms with E-state index < -0.39 is 0 Å². The van der Waals surface area contributed by atoms with Gasteiger partial charge in [-0.3, -0.25) is 4.79 Å². The molecule has 4 heterocycles. The zero-order chi connectivity index (χ0) is 18.4. The summed E-state index contributed by atoms with van der Waals surface area (Å²) in [5.41, 5.74) is 3.37. The molecule has 7 heteroatoms. The van der Waals surface area contributed by atoms with Crippen molar-refractivity contribution >= 4 is 28.4 Å². The smallest absolute Gasteiger partial charge is 0.289 e. The number of furan rings is 1. The van der Waals surface area contributed by atoms with Gasteiger partial charge in [-0.05, 0) is 30.3 Å². The lowest BCUT2D eigenvalue weighted by molar-refractivity contribution is 0.0700. The van der Waals surface area contributed by atoms with Crippen LogP contribution in [0.2, 0.25) is 5.02 Å². The molecule has 0 atom stereocenters. The van der Waals surface area contributed by atoms with Crippen LogP contribution in [0.15, 0.2) is 53.5 Å². The second kappa shape index (κ2) is 6.32. The van der Waals surface area contributed by atoms with Crippen LogP contribution in [0.5, 0.6) is 0 Å². The van der Waals surface area contributed by atoms with Gasteiger partial charge >= 0.3 is 0 Å². The Kier molecular flexibility index (Phi) is 3.79. The van der Waals surface area contributed by atoms with Crippen molar-refractivity contribution in [3.05, 3.63) is 76.9 Å². The van der Waals surface area contributed by atoms with Gasteiger partial charge in [-0.25, -0.2) is 4.98 Å². The third kappa shape index (κ3) is 2.92. The SMILES string of the molecule is O=C(c1ccc(Cn2ccnc2)o1)N1CCc2[nH]c3ccc(Cl)cc3c2C1. The van der Waals surface area contributed by atoms with Gasteiger partial charge in [-0.2, -0.15) is 0 Å². The Labute approximate surface area is 160 Å². The molecule has 4 aromatic rings. The molecule has 1 aliphatic heterocycles. The molecule has 1 aliphatic rings. The maximum absolute atomic E-state index is 12.9. The van der Waals surface area contributed by atoms with Crippen molar-refractivity contribution in [1.82, 2.24) is 19.4 Å². The fraction of sp³-hybridized carbons (Fsp3) is 0.200. The molecule has 0 aliphatic carbocycles. The highest BCUT2D eigenvalue weighted by atomic mass is 35.5. The van der Waals surface area contributed by atoms with Crippen LogP contribution in [0.4, 0.5) is 0 Å². The predicted octanol–water partition coefficient (Wildman–Crippen LogP) is 3.86. The fourth-order valence-electron chi connectivity index (χ4n) is 3.65. The van der Waals surface area contributed by atoms with E-state index in [0.717, 1.165) is 28.6 Å². The summed E-state index contributed by atoms with van der Waals surface area (Å²) in [6.45, 7) is 1.76. The molecule has 136 valence electrons. The average molecular weight is 381 g/mol. The van der Waals surface area contributed by atoms with E-state index in [9.17, 15) is 4.79 Å². The minimum atomic E-state index is -0.0890. The number of fused-ring (bicyclic) bond motifs is 3. The number of nitrogens with one attached hydrogen (secondary N) is 1. The van der Waals surface area contributed by atoms with Crippen molar-refractivity contribution in [2.75, 3.05) is 6.54 Å². The van der Waals surface area contributed by atoms with E-state index in [2.05, 4.69) is 9.97 Å². The molecule has 0 spiro atoms. The molecule has 27 heavy (non-hydrogen) atoms. The first kappa shape index (κ1) is 16.2. The molecule has 0 radical (unpaired) electrons. The molecule has 0 bridgehead atoms. The standard InChI is InChI=1S/C20H17ClN4O2/c21-13-1-3-17-15(9-13)16-11-25(7-5-18(16)23-17)20(26)19-4-2-14(27-19)10-24-8-6-22-12-24/h1-4,6,8-9,12,23H,5,7,10-11H2. The maximum atomic E-state index is 12.9. The van der Waals surface area contributed by atoms with Crippen LogP contribution in [0, 0.1) is 0 Å². The van der Waals surface area contributed by atoms with E-state index in [1.54, 1.807) is 18.6 Å². The van der Waals surface area contributed by atoms with Gasteiger partial charge in [0.25, 0.3) is 5.91 Å². The van der Waals surface area contributed by atoms with Crippen molar-refractivity contribution in [2.45, 2.75) is 19.5 Å². The van der Waals surface area contributed by atoms with Crippen molar-refractivity contribution in [3.63, 3.8) is 0 Å². The second-order valence-corrected chi connectivity index (χ2v) is 7.19. The summed E-state index contributed by atoms with van der Waals surface area (Å²) in [6, 6.07) is 9.40. The summed E-state index contributed by atoms with van der Waals surface area (Å²) in [4.78, 5) is 22.2. The molecule has 1 amide bonds. The normalized spacial score (nSPS) is 13.9. The summed E-state index contributed by atoms with van der Waals surface area (Å²) in [5.74, 6) is 1.01. The van der Waals surface area contributed by atoms with Crippen molar-refractivity contribution < 1.29 is 9.21 Å². The number of amides is 1. The van der Waals surface area contributed by atoms with Crippen molar-refractivity contribution in [2.24, 2.45) is 0 Å². The van der Waals surface area contributed by atoms with Gasteiger partial charge in [0.2, 0.25) is 0 Å². The van der Waals surface area contributed by atoms with Crippen LogP contribution in [-0.4, -0.2) is 31.9 Å². The molecule has 0 unspecified atom stereocenters. The number of carbonyl (C=O) groups excluding carboxylic acids is 1. The Bertz CT molecular complexity index is 1130. The summed E-state index contributed by atoms with van der Waals surface area (Å²) < 4.78 is 7.68. The Morgan fingerprint density at radius 2 is 2.22 bits per heavy atom. The van der Waals surface area contributed by atoms with E-state index in [1.807, 2.05) is 39.9 Å². The summed E-state index contributed by atoms with van der Waals surface area (Å²) >= 11 is 6.16. The van der Waals surface area contributed by atoms with E-state index in [4.69, 9.17) is 16.0 Å². The zero-order valence-corrected chi connectivity index (χ0v) is 15.2. The highest BCUT2D eigenvalue weighted by Crippen LogP contribution is 2.30. The topological polar surface area (TPSA) is 67.1 Å². The minimum absolute atomic E-state index is 0.0890. The van der Waals surface area contributed by atoms with E-state index in [-0.39, 0.29) is 5.91 Å². The van der Waals surface area contributed by atoms with Gasteiger partial charge in [0.1, 0.15) is 5.76 Å². The molecule has 5 rings (SSSR count). The average Bonchev–Trinajstić information content (AvgIpc) is 3.41. The van der Waals surface area contributed by atoms with Gasteiger partial charge in [0.05, 0.1) is 12.9 Å². The second-order valence-electron chi connectivity index (χ2n) is 6.75. The minimum Gasteiger partial charge on any atom is -0.454 e. The fourth-order valence-corrected chi connectivity index (χ4v) is 3.83. The van der Waals surface area contributed by atoms with Gasteiger partial charge in [0, 0.05) is 59.1 Å². The molecule has 3 aromatic heterocycles. The summed E-state index contributed by atoms with van der Waals surface area (Å²) in [5, 5.41) is 1.78. The molecule has 1 N–H and O–H groups in total. The van der Waals surface area contributed by atoms with E-state index in [0.29, 0.717) is 30.4 Å². The predicted molar refractivity (Wildman–Crippen MR) is 102 cm³/mol. The number of halogens is 1. The third-order valence-electron chi connectivity index (χ3n) is 4.99.